The van der Waals surface area contributed by atoms with E-state index in [1.54, 1.807) is 6.20 Å². The van der Waals surface area contributed by atoms with Crippen molar-refractivity contribution in [2.24, 2.45) is 0 Å². The molecule has 0 spiro atoms. The van der Waals surface area contributed by atoms with Crippen molar-refractivity contribution in [3.8, 4) is 0 Å². The second kappa shape index (κ2) is 4.09. The number of carbonyl (C=O) groups is 1. The van der Waals surface area contributed by atoms with Crippen molar-refractivity contribution < 1.29 is 9.90 Å². The lowest BCUT2D eigenvalue weighted by Crippen LogP contribution is -2.16. The van der Waals surface area contributed by atoms with Crippen LogP contribution in [0.25, 0.3) is 0 Å². The summed E-state index contributed by atoms with van der Waals surface area (Å²) in [6, 6.07) is 1.81. The SMILES string of the molecule is CN(C)CCc1cc[nH]c1C(=O)O. The van der Waals surface area contributed by atoms with Crippen molar-refractivity contribution in [1.82, 2.24) is 9.88 Å². The monoisotopic (exact) mass is 182 g/mol. The van der Waals surface area contributed by atoms with Crippen molar-refractivity contribution in [2.45, 2.75) is 6.42 Å². The van der Waals surface area contributed by atoms with E-state index in [1.165, 1.54) is 0 Å². The van der Waals surface area contributed by atoms with Gasteiger partial charge >= 0.3 is 5.97 Å². The van der Waals surface area contributed by atoms with Crippen molar-refractivity contribution >= 4 is 5.97 Å². The van der Waals surface area contributed by atoms with Gasteiger partial charge in [-0.25, -0.2) is 4.79 Å². The van der Waals surface area contributed by atoms with Crippen LogP contribution in [0, 0.1) is 0 Å². The summed E-state index contributed by atoms with van der Waals surface area (Å²) in [7, 11) is 3.93. The van der Waals surface area contributed by atoms with Crippen molar-refractivity contribution in [1.29, 1.82) is 0 Å². The summed E-state index contributed by atoms with van der Waals surface area (Å²) in [5.41, 5.74) is 1.17. The predicted molar refractivity (Wildman–Crippen MR) is 50.0 cm³/mol. The second-order valence-corrected chi connectivity index (χ2v) is 3.24. The van der Waals surface area contributed by atoms with Crippen molar-refractivity contribution in [2.75, 3.05) is 20.6 Å². The number of nitrogens with zero attached hydrogens (tertiary/aromatic N) is 1. The summed E-state index contributed by atoms with van der Waals surface area (Å²) in [4.78, 5) is 15.4. The number of H-pyrrole nitrogens is 1. The van der Waals surface area contributed by atoms with E-state index in [9.17, 15) is 4.79 Å². The number of hydrogen-bond donors (Lipinski definition) is 2. The number of aromatic nitrogens is 1. The Bertz CT molecular complexity index is 292. The summed E-state index contributed by atoms with van der Waals surface area (Å²) >= 11 is 0. The van der Waals surface area contributed by atoms with E-state index in [0.717, 1.165) is 18.5 Å². The third-order valence-corrected chi connectivity index (χ3v) is 1.88. The number of likely N-dealkylation sites (N-methyl/N-ethyl adjacent to an activating group) is 1. The zero-order valence-electron chi connectivity index (χ0n) is 7.87. The number of aromatic amines is 1. The predicted octanol–water partition coefficient (Wildman–Crippen LogP) is 0.817. The molecule has 1 heterocycles. The highest BCUT2D eigenvalue weighted by atomic mass is 16.4. The molecular formula is C9H14N2O2. The molecule has 1 aromatic heterocycles. The van der Waals surface area contributed by atoms with E-state index in [0.29, 0.717) is 5.69 Å². The van der Waals surface area contributed by atoms with Gasteiger partial charge in [0.25, 0.3) is 0 Å². The Hall–Kier alpha value is -1.29. The minimum atomic E-state index is -0.890. The second-order valence-electron chi connectivity index (χ2n) is 3.24. The minimum Gasteiger partial charge on any atom is -0.477 e. The highest BCUT2D eigenvalue weighted by Gasteiger charge is 2.10. The minimum absolute atomic E-state index is 0.307. The fraction of sp³-hybridized carbons (Fsp3) is 0.444. The Morgan fingerprint density at radius 1 is 1.62 bits per heavy atom. The van der Waals surface area contributed by atoms with Gasteiger partial charge in [0, 0.05) is 12.7 Å². The number of aromatic carboxylic acids is 1. The average Bonchev–Trinajstić information content (AvgIpc) is 2.47. The molecular weight excluding hydrogens is 168 g/mol. The lowest BCUT2D eigenvalue weighted by molar-refractivity contribution is 0.0690. The summed E-state index contributed by atoms with van der Waals surface area (Å²) in [6.45, 7) is 0.859. The van der Waals surface area contributed by atoms with Crippen LogP contribution in [-0.4, -0.2) is 41.6 Å². The molecule has 72 valence electrons. The van der Waals surface area contributed by atoms with E-state index in [2.05, 4.69) is 4.98 Å². The zero-order valence-corrected chi connectivity index (χ0v) is 7.87. The topological polar surface area (TPSA) is 56.3 Å². The average molecular weight is 182 g/mol. The first-order valence-electron chi connectivity index (χ1n) is 4.15. The summed E-state index contributed by atoms with van der Waals surface area (Å²) < 4.78 is 0. The molecule has 13 heavy (non-hydrogen) atoms. The molecule has 0 aliphatic heterocycles. The Labute approximate surface area is 77.2 Å². The molecule has 1 rings (SSSR count). The number of hydrogen-bond acceptors (Lipinski definition) is 2. The molecule has 0 atom stereocenters. The van der Waals surface area contributed by atoms with Gasteiger partial charge in [-0.2, -0.15) is 0 Å². The molecule has 0 fully saturated rings. The van der Waals surface area contributed by atoms with Crippen LogP contribution in [0.1, 0.15) is 16.1 Å². The van der Waals surface area contributed by atoms with Crippen molar-refractivity contribution in [3.05, 3.63) is 23.5 Å². The molecule has 0 amide bonds. The molecule has 4 nitrogen and oxygen atoms in total. The van der Waals surface area contributed by atoms with Crippen LogP contribution in [-0.2, 0) is 6.42 Å². The van der Waals surface area contributed by atoms with Crippen molar-refractivity contribution in [3.63, 3.8) is 0 Å². The van der Waals surface area contributed by atoms with Gasteiger partial charge in [-0.3, -0.25) is 0 Å². The fourth-order valence-electron chi connectivity index (χ4n) is 1.15. The van der Waals surface area contributed by atoms with Crippen LogP contribution >= 0.6 is 0 Å². The van der Waals surface area contributed by atoms with Gasteiger partial charge in [0.1, 0.15) is 5.69 Å². The number of nitrogens with one attached hydrogen (secondary N) is 1. The van der Waals surface area contributed by atoms with Crippen LogP contribution in [0.3, 0.4) is 0 Å². The molecule has 2 N–H and O–H groups in total. The Morgan fingerprint density at radius 3 is 2.85 bits per heavy atom. The maximum absolute atomic E-state index is 10.7. The number of carboxylic acid groups (broad SMARTS) is 1. The molecule has 0 bridgehead atoms. The summed E-state index contributed by atoms with van der Waals surface area (Å²) in [6.07, 6.45) is 2.42. The normalized spacial score (nSPS) is 10.7. The standard InChI is InChI=1S/C9H14N2O2/c1-11(2)6-4-7-3-5-10-8(7)9(12)13/h3,5,10H,4,6H2,1-2H3,(H,12,13). The molecule has 0 aromatic carbocycles. The third-order valence-electron chi connectivity index (χ3n) is 1.88. The molecule has 0 saturated heterocycles. The quantitative estimate of drug-likeness (QED) is 0.724. The third kappa shape index (κ3) is 2.59. The molecule has 0 aliphatic carbocycles. The lowest BCUT2D eigenvalue weighted by atomic mass is 10.2. The largest absolute Gasteiger partial charge is 0.477 e. The van der Waals surface area contributed by atoms with Gasteiger partial charge in [0.05, 0.1) is 0 Å². The first kappa shape index (κ1) is 9.80. The highest BCUT2D eigenvalue weighted by Crippen LogP contribution is 2.07. The van der Waals surface area contributed by atoms with E-state index >= 15 is 0 Å². The Balaban J connectivity index is 2.65. The zero-order chi connectivity index (χ0) is 9.84. The molecule has 1 aromatic rings. The van der Waals surface area contributed by atoms with Gasteiger partial charge in [-0.1, -0.05) is 0 Å². The molecule has 0 saturated carbocycles. The van der Waals surface area contributed by atoms with E-state index in [1.807, 2.05) is 25.1 Å². The number of rotatable bonds is 4. The first-order chi connectivity index (χ1) is 6.11. The Morgan fingerprint density at radius 2 is 2.31 bits per heavy atom. The van der Waals surface area contributed by atoms with Gasteiger partial charge < -0.3 is 15.0 Å². The first-order valence-corrected chi connectivity index (χ1v) is 4.15. The number of carboxylic acids is 1. The van der Waals surface area contributed by atoms with Crippen LogP contribution in [0.4, 0.5) is 0 Å². The van der Waals surface area contributed by atoms with E-state index in [-0.39, 0.29) is 0 Å². The van der Waals surface area contributed by atoms with E-state index in [4.69, 9.17) is 5.11 Å². The van der Waals surface area contributed by atoms with Crippen LogP contribution < -0.4 is 0 Å². The molecule has 0 aliphatic rings. The van der Waals surface area contributed by atoms with Crippen LogP contribution in [0.15, 0.2) is 12.3 Å². The fourth-order valence-corrected chi connectivity index (χ4v) is 1.15. The maximum atomic E-state index is 10.7. The van der Waals surface area contributed by atoms with E-state index < -0.39 is 5.97 Å². The molecule has 0 radical (unpaired) electrons. The lowest BCUT2D eigenvalue weighted by Gasteiger charge is -2.08. The van der Waals surface area contributed by atoms with Gasteiger partial charge in [-0.05, 0) is 32.1 Å². The van der Waals surface area contributed by atoms with Crippen LogP contribution in [0.5, 0.6) is 0 Å². The highest BCUT2D eigenvalue weighted by molar-refractivity contribution is 5.87. The Kier molecular flexibility index (Phi) is 3.08. The summed E-state index contributed by atoms with van der Waals surface area (Å²) in [5, 5.41) is 8.77. The van der Waals surface area contributed by atoms with Gasteiger partial charge in [0.2, 0.25) is 0 Å². The van der Waals surface area contributed by atoms with Gasteiger partial charge in [0.15, 0.2) is 0 Å². The smallest absolute Gasteiger partial charge is 0.352 e. The van der Waals surface area contributed by atoms with Gasteiger partial charge in [-0.15, -0.1) is 0 Å². The molecule has 4 heteroatoms. The summed E-state index contributed by atoms with van der Waals surface area (Å²) in [5.74, 6) is -0.890. The molecule has 0 unspecified atom stereocenters. The van der Waals surface area contributed by atoms with Crippen LogP contribution in [0.2, 0.25) is 0 Å². The maximum Gasteiger partial charge on any atom is 0.352 e.